The standard InChI is InChI=1S/C29H27N2O.C12H10N.Ir/c1-18-17-30-26(16-21(18)15-20-10-12-22(13-11-20)29(3,4)5)25-8-6-7-23-24-14-9-19(2)31-28(24)32-27(23)25;1-10-7-8-12(13-9-10)11-5-3-2-4-6-11;/h6-7,9-14,16-17H,15H2,1-5H3;2-5,7-9H,1H3;/q2*-1;/i2D3;;. The van der Waals surface area contributed by atoms with E-state index in [2.05, 4.69) is 91.2 Å². The van der Waals surface area contributed by atoms with Crippen LogP contribution in [0.3, 0.4) is 0 Å². The van der Waals surface area contributed by atoms with Gasteiger partial charge in [0.15, 0.2) is 0 Å². The summed E-state index contributed by atoms with van der Waals surface area (Å²) < 4.78 is 29.0. The summed E-state index contributed by atoms with van der Waals surface area (Å²) in [5.41, 5.74) is 10.6. The topological polar surface area (TPSA) is 51.8 Å². The molecule has 4 nitrogen and oxygen atoms in total. The number of hydrogen-bond acceptors (Lipinski definition) is 4. The molecule has 0 saturated carbocycles. The Morgan fingerprint density at radius 1 is 0.804 bits per heavy atom. The normalized spacial score (nSPS) is 12.4. The Morgan fingerprint density at radius 3 is 2.30 bits per heavy atom. The molecule has 0 aliphatic rings. The quantitative estimate of drug-likeness (QED) is 0.167. The second-order valence-electron chi connectivity index (χ2n) is 12.4. The van der Waals surface area contributed by atoms with Gasteiger partial charge in [-0.1, -0.05) is 74.2 Å². The van der Waals surface area contributed by atoms with Crippen molar-refractivity contribution in [3.63, 3.8) is 0 Å². The number of aromatic nitrogens is 3. The van der Waals surface area contributed by atoms with Crippen LogP contribution in [-0.4, -0.2) is 15.0 Å². The minimum atomic E-state index is -2.29. The van der Waals surface area contributed by atoms with Crippen molar-refractivity contribution >= 4 is 22.1 Å². The number of nitrogens with zero attached hydrogens (tertiary/aromatic N) is 3. The number of rotatable bonds is 4. The first-order chi connectivity index (χ1) is 22.9. The van der Waals surface area contributed by atoms with Crippen molar-refractivity contribution in [1.29, 1.82) is 0 Å². The molecule has 0 N–H and O–H groups in total. The molecule has 7 aromatic rings. The molecule has 4 heterocycles. The Balaban J connectivity index is 0.000000280. The molecule has 0 fully saturated rings. The smallest absolute Gasteiger partial charge is 0.216 e. The average molecular weight is 783 g/mol. The molecule has 4 aromatic heterocycles. The van der Waals surface area contributed by atoms with Gasteiger partial charge >= 0.3 is 0 Å². The van der Waals surface area contributed by atoms with Gasteiger partial charge in [0.1, 0.15) is 0 Å². The summed E-state index contributed by atoms with van der Waals surface area (Å²) in [6.45, 7) is 8.47. The molecule has 0 aliphatic carbocycles. The fraction of sp³-hybridized carbons (Fsp3) is 0.195. The van der Waals surface area contributed by atoms with Crippen LogP contribution >= 0.6 is 0 Å². The van der Waals surface area contributed by atoms with Crippen molar-refractivity contribution < 1.29 is 28.6 Å². The second kappa shape index (κ2) is 13.9. The number of fused-ring (bicyclic) bond motifs is 3. The van der Waals surface area contributed by atoms with E-state index < -0.39 is 6.85 Å². The third-order valence-electron chi connectivity index (χ3n) is 7.88. The Bertz CT molecular complexity index is 2190. The van der Waals surface area contributed by atoms with Crippen molar-refractivity contribution in [1.82, 2.24) is 15.0 Å². The molecule has 46 heavy (non-hydrogen) atoms. The van der Waals surface area contributed by atoms with Crippen LogP contribution in [0.5, 0.6) is 0 Å². The summed E-state index contributed by atoms with van der Waals surface area (Å²) in [6.07, 6.45) is 4.55. The molecule has 0 amide bonds. The zero-order valence-electron chi connectivity index (χ0n) is 29.6. The van der Waals surface area contributed by atoms with Gasteiger partial charge in [-0.2, -0.15) is 0 Å². The molecular formula is C41H37IrN3O-2. The van der Waals surface area contributed by atoms with E-state index in [1.54, 1.807) is 6.07 Å². The molecule has 0 bridgehead atoms. The molecule has 0 saturated heterocycles. The fourth-order valence-electron chi connectivity index (χ4n) is 5.23. The zero-order valence-corrected chi connectivity index (χ0v) is 29.0. The summed E-state index contributed by atoms with van der Waals surface area (Å²) in [6, 6.07) is 36.3. The van der Waals surface area contributed by atoms with Gasteiger partial charge < -0.3 is 14.4 Å². The maximum atomic E-state index is 7.65. The Kier molecular flexibility index (Phi) is 8.77. The predicted molar refractivity (Wildman–Crippen MR) is 184 cm³/mol. The van der Waals surface area contributed by atoms with Gasteiger partial charge in [0.05, 0.1) is 5.58 Å². The van der Waals surface area contributed by atoms with Gasteiger partial charge in [0.2, 0.25) is 5.71 Å². The Morgan fingerprint density at radius 2 is 1.61 bits per heavy atom. The SMILES string of the molecule is Cc1ccc(-c2[c-]cccc2)nc1.[2H]C([2H])([2H])c1ccc2c(n1)oc1c(-c3cc(Cc4ccc(C(C)(C)C)cc4)c(C)cn3)[c-]ccc12.[Ir]. The molecule has 233 valence electrons. The van der Waals surface area contributed by atoms with Crippen molar-refractivity contribution in [2.24, 2.45) is 0 Å². The predicted octanol–water partition coefficient (Wildman–Crippen LogP) is 10.2. The molecular weight excluding hydrogens is 743 g/mol. The molecule has 3 aromatic carbocycles. The fourth-order valence-corrected chi connectivity index (χ4v) is 5.23. The van der Waals surface area contributed by atoms with Crippen molar-refractivity contribution in [2.45, 2.75) is 53.3 Å². The van der Waals surface area contributed by atoms with Crippen LogP contribution in [0.25, 0.3) is 44.6 Å². The van der Waals surface area contributed by atoms with Gasteiger partial charge in [0.25, 0.3) is 0 Å². The summed E-state index contributed by atoms with van der Waals surface area (Å²) >= 11 is 0. The van der Waals surface area contributed by atoms with Crippen LogP contribution in [0.15, 0.2) is 108 Å². The number of pyridine rings is 3. The maximum absolute atomic E-state index is 7.65. The minimum Gasteiger partial charge on any atom is -0.486 e. The van der Waals surface area contributed by atoms with Crippen molar-refractivity contribution in [3.05, 3.63) is 149 Å². The molecule has 0 spiro atoms. The van der Waals surface area contributed by atoms with E-state index in [1.165, 1.54) is 28.3 Å². The Hall–Kier alpha value is -4.44. The van der Waals surface area contributed by atoms with E-state index in [1.807, 2.05) is 61.8 Å². The van der Waals surface area contributed by atoms with E-state index >= 15 is 0 Å². The molecule has 0 aliphatic heterocycles. The third kappa shape index (κ3) is 7.33. The molecule has 0 unspecified atom stereocenters. The van der Waals surface area contributed by atoms with E-state index in [4.69, 9.17) is 8.53 Å². The second-order valence-corrected chi connectivity index (χ2v) is 12.4. The van der Waals surface area contributed by atoms with Crippen molar-refractivity contribution in [3.8, 4) is 22.5 Å². The van der Waals surface area contributed by atoms with Gasteiger partial charge in [-0.3, -0.25) is 0 Å². The zero-order chi connectivity index (χ0) is 34.1. The summed E-state index contributed by atoms with van der Waals surface area (Å²) in [5, 5.41) is 1.63. The number of aryl methyl sites for hydroxylation is 3. The van der Waals surface area contributed by atoms with Crippen LogP contribution in [-0.2, 0) is 31.9 Å². The average Bonchev–Trinajstić information content (AvgIpc) is 3.45. The van der Waals surface area contributed by atoms with E-state index in [9.17, 15) is 0 Å². The summed E-state index contributed by atoms with van der Waals surface area (Å²) in [5.74, 6) is 0. The maximum Gasteiger partial charge on any atom is 0.216 e. The number of furan rings is 1. The molecule has 7 rings (SSSR count). The van der Waals surface area contributed by atoms with Crippen LogP contribution in [0, 0.1) is 32.8 Å². The monoisotopic (exact) mass is 783 g/mol. The first kappa shape index (κ1) is 29.0. The largest absolute Gasteiger partial charge is 0.486 e. The molecule has 0 atom stereocenters. The summed E-state index contributed by atoms with van der Waals surface area (Å²) in [4.78, 5) is 13.3. The van der Waals surface area contributed by atoms with Crippen LogP contribution in [0.4, 0.5) is 0 Å². The minimum absolute atomic E-state index is 0. The van der Waals surface area contributed by atoms with Crippen LogP contribution < -0.4 is 0 Å². The number of benzene rings is 3. The van der Waals surface area contributed by atoms with E-state index in [0.29, 0.717) is 11.3 Å². The molecule has 5 heteroatoms. The van der Waals surface area contributed by atoms with Gasteiger partial charge in [-0.15, -0.1) is 54.1 Å². The Labute approximate surface area is 289 Å². The van der Waals surface area contributed by atoms with E-state index in [-0.39, 0.29) is 31.2 Å². The van der Waals surface area contributed by atoms with Gasteiger partial charge in [-0.05, 0) is 83.9 Å². The van der Waals surface area contributed by atoms with Crippen LogP contribution in [0.1, 0.15) is 58.4 Å². The molecule has 1 radical (unpaired) electrons. The number of hydrogen-bond donors (Lipinski definition) is 0. The third-order valence-corrected chi connectivity index (χ3v) is 7.88. The van der Waals surface area contributed by atoms with Gasteiger partial charge in [0, 0.05) is 47.7 Å². The van der Waals surface area contributed by atoms with E-state index in [0.717, 1.165) is 45.3 Å². The summed E-state index contributed by atoms with van der Waals surface area (Å²) in [7, 11) is 0. The van der Waals surface area contributed by atoms with Crippen molar-refractivity contribution in [2.75, 3.05) is 0 Å². The first-order valence-electron chi connectivity index (χ1n) is 16.6. The van der Waals surface area contributed by atoms with Crippen LogP contribution in [0.2, 0.25) is 0 Å². The first-order valence-corrected chi connectivity index (χ1v) is 15.1. The van der Waals surface area contributed by atoms with Gasteiger partial charge in [-0.25, -0.2) is 4.98 Å².